The fourth-order valence-electron chi connectivity index (χ4n) is 5.12. The van der Waals surface area contributed by atoms with E-state index in [9.17, 15) is 24.3 Å². The predicted octanol–water partition coefficient (Wildman–Crippen LogP) is 2.81. The Labute approximate surface area is 251 Å². The number of aromatic amines is 1. The summed E-state index contributed by atoms with van der Waals surface area (Å²) in [5.41, 5.74) is 6.93. The van der Waals surface area contributed by atoms with Crippen LogP contribution in [0.25, 0.3) is 0 Å². The Bertz CT molecular complexity index is 1370. The Morgan fingerprint density at radius 2 is 1.84 bits per heavy atom. The minimum Gasteiger partial charge on any atom is -0.450 e. The van der Waals surface area contributed by atoms with E-state index in [1.54, 1.807) is 50.4 Å². The molecule has 5 N–H and O–H groups in total. The first kappa shape index (κ1) is 33.4. The lowest BCUT2D eigenvalue weighted by Gasteiger charge is -2.30. The number of esters is 1. The van der Waals surface area contributed by atoms with Gasteiger partial charge in [0.1, 0.15) is 11.8 Å². The van der Waals surface area contributed by atoms with Gasteiger partial charge in [-0.2, -0.15) is 0 Å². The van der Waals surface area contributed by atoms with Gasteiger partial charge in [-0.15, -0.1) is 0 Å². The van der Waals surface area contributed by atoms with Crippen molar-refractivity contribution in [2.45, 2.75) is 65.0 Å². The highest BCUT2D eigenvalue weighted by Crippen LogP contribution is 2.28. The number of allylic oxidation sites excluding steroid dienone is 4. The number of carbonyl (C=O) groups is 4. The minimum atomic E-state index is -0.962. The first-order valence-electron chi connectivity index (χ1n) is 14.1. The first-order valence-corrected chi connectivity index (χ1v) is 14.1. The molecule has 1 aliphatic carbocycles. The number of Topliss-reactive ketones (excluding diaryl/α,β-unsaturated/α-hetero) is 1. The van der Waals surface area contributed by atoms with Gasteiger partial charge in [0.05, 0.1) is 23.6 Å². The van der Waals surface area contributed by atoms with E-state index in [0.717, 1.165) is 6.08 Å². The zero-order valence-electron chi connectivity index (χ0n) is 25.4. The summed E-state index contributed by atoms with van der Waals surface area (Å²) < 4.78 is 17.2. The lowest BCUT2D eigenvalue weighted by molar-refractivity contribution is -0.120. The second-order valence-electron chi connectivity index (χ2n) is 11.0. The highest BCUT2D eigenvalue weighted by atomic mass is 16.6. The van der Waals surface area contributed by atoms with Gasteiger partial charge in [0.25, 0.3) is 5.91 Å². The largest absolute Gasteiger partial charge is 0.450 e. The van der Waals surface area contributed by atoms with E-state index in [4.69, 9.17) is 19.9 Å². The molecule has 232 valence electrons. The van der Waals surface area contributed by atoms with Gasteiger partial charge in [-0.1, -0.05) is 38.2 Å². The van der Waals surface area contributed by atoms with Crippen LogP contribution in [0.1, 0.15) is 51.0 Å². The molecule has 1 aliphatic heterocycles. The van der Waals surface area contributed by atoms with Crippen LogP contribution in [0.4, 0.5) is 0 Å². The van der Waals surface area contributed by atoms with Gasteiger partial charge in [-0.05, 0) is 50.3 Å². The summed E-state index contributed by atoms with van der Waals surface area (Å²) in [7, 11) is 2.95. The van der Waals surface area contributed by atoms with E-state index >= 15 is 0 Å². The van der Waals surface area contributed by atoms with Crippen molar-refractivity contribution in [3.8, 4) is 0 Å². The Hall–Kier alpha value is -4.06. The van der Waals surface area contributed by atoms with Crippen molar-refractivity contribution in [2.24, 2.45) is 17.6 Å². The number of rotatable bonds is 4. The number of aliphatic hydroxyl groups excluding tert-OH is 1. The van der Waals surface area contributed by atoms with Crippen molar-refractivity contribution in [1.29, 1.82) is 0 Å². The van der Waals surface area contributed by atoms with Crippen LogP contribution >= 0.6 is 0 Å². The van der Waals surface area contributed by atoms with Crippen LogP contribution in [0.15, 0.2) is 76.8 Å². The number of nitrogens with one attached hydrogen (secondary N) is 2. The second kappa shape index (κ2) is 14.9. The van der Waals surface area contributed by atoms with Gasteiger partial charge in [0.15, 0.2) is 6.10 Å². The fraction of sp³-hybridized carbons (Fsp3) is 0.438. The van der Waals surface area contributed by atoms with Crippen LogP contribution in [0.2, 0.25) is 0 Å². The molecule has 1 aromatic rings. The third kappa shape index (κ3) is 8.28. The third-order valence-electron chi connectivity index (χ3n) is 7.64. The number of methoxy groups -OCH3 is 2. The maximum absolute atomic E-state index is 13.3. The second-order valence-corrected chi connectivity index (χ2v) is 11.0. The number of ether oxygens (including phenoxy) is 3. The van der Waals surface area contributed by atoms with Crippen LogP contribution in [0.5, 0.6) is 0 Å². The highest BCUT2D eigenvalue weighted by molar-refractivity contribution is 6.23. The standard InChI is InChI=1S/C32H41N3O8/c1-17-13-21-27(33)24(36)16-23(29(21)38)35-31(39)18(2)9-7-11-25(41-5)30(43-32(40)22-10-8-12-34-22)20(4)15-19(3)28(37)26(14-17)42-6/h7-12,15-17,19,25-26,28,30,34,37H,13-14,33H2,1-6H3,(H,35,39)/b11-7-,18-9+,20-15+/t17-,19+,25+,26+,28-,30+/m1/s1. The Morgan fingerprint density at radius 3 is 2.47 bits per heavy atom. The fourth-order valence-corrected chi connectivity index (χ4v) is 5.12. The summed E-state index contributed by atoms with van der Waals surface area (Å²) in [6.07, 6.45) is 6.41. The molecule has 0 aromatic carbocycles. The average Bonchev–Trinajstić information content (AvgIpc) is 3.52. The molecule has 0 saturated carbocycles. The van der Waals surface area contributed by atoms with E-state index in [2.05, 4.69) is 10.3 Å². The molecule has 11 nitrogen and oxygen atoms in total. The van der Waals surface area contributed by atoms with E-state index in [1.807, 2.05) is 13.8 Å². The van der Waals surface area contributed by atoms with Crippen molar-refractivity contribution in [1.82, 2.24) is 10.3 Å². The monoisotopic (exact) mass is 595 g/mol. The van der Waals surface area contributed by atoms with Crippen LogP contribution in [0.3, 0.4) is 0 Å². The molecule has 3 rings (SSSR count). The molecular weight excluding hydrogens is 554 g/mol. The molecule has 11 heteroatoms. The van der Waals surface area contributed by atoms with Crippen molar-refractivity contribution in [3.63, 3.8) is 0 Å². The molecule has 1 amide bonds. The number of hydrogen-bond donors (Lipinski definition) is 4. The predicted molar refractivity (Wildman–Crippen MR) is 159 cm³/mol. The molecule has 6 atom stereocenters. The van der Waals surface area contributed by atoms with Crippen molar-refractivity contribution in [3.05, 3.63) is 82.5 Å². The Balaban J connectivity index is 2.05. The molecule has 0 unspecified atom stereocenters. The van der Waals surface area contributed by atoms with E-state index in [1.165, 1.54) is 20.3 Å². The van der Waals surface area contributed by atoms with Crippen LogP contribution in [-0.4, -0.2) is 72.2 Å². The van der Waals surface area contributed by atoms with Gasteiger partial charge in [-0.25, -0.2) is 4.79 Å². The molecule has 0 spiro atoms. The van der Waals surface area contributed by atoms with Crippen LogP contribution in [0, 0.1) is 11.8 Å². The number of hydrogen-bond acceptors (Lipinski definition) is 9. The maximum atomic E-state index is 13.3. The number of amides is 1. The number of nitrogens with two attached hydrogens (primary N) is 1. The quantitative estimate of drug-likeness (QED) is 0.232. The van der Waals surface area contributed by atoms with Crippen molar-refractivity contribution < 1.29 is 38.5 Å². The van der Waals surface area contributed by atoms with Crippen molar-refractivity contribution in [2.75, 3.05) is 14.2 Å². The summed E-state index contributed by atoms with van der Waals surface area (Å²) in [5, 5.41) is 13.8. The zero-order chi connectivity index (χ0) is 31.8. The van der Waals surface area contributed by atoms with Gasteiger partial charge in [0, 0.05) is 43.6 Å². The summed E-state index contributed by atoms with van der Waals surface area (Å²) >= 11 is 0. The number of ketones is 2. The van der Waals surface area contributed by atoms with E-state index < -0.39 is 53.8 Å². The Kier molecular flexibility index (Phi) is 11.6. The number of H-pyrrole nitrogens is 1. The molecule has 1 aromatic heterocycles. The lowest BCUT2D eigenvalue weighted by Crippen LogP contribution is -2.37. The molecule has 2 bridgehead atoms. The smallest absolute Gasteiger partial charge is 0.355 e. The number of aliphatic hydroxyl groups is 1. The zero-order valence-corrected chi connectivity index (χ0v) is 25.4. The summed E-state index contributed by atoms with van der Waals surface area (Å²) in [6.45, 7) is 7.01. The van der Waals surface area contributed by atoms with Gasteiger partial charge >= 0.3 is 5.97 Å². The highest BCUT2D eigenvalue weighted by Gasteiger charge is 2.33. The summed E-state index contributed by atoms with van der Waals surface area (Å²) in [5.74, 6) is -2.94. The van der Waals surface area contributed by atoms with Crippen molar-refractivity contribution >= 4 is 23.4 Å². The molecule has 2 aliphatic rings. The Morgan fingerprint density at radius 1 is 1.12 bits per heavy atom. The SMILES string of the molecule is CO[C@H]1/C=C\C=C(/C)C(=O)NC2=CC(=O)C(N)=C(C[C@@H](C)C[C@H](OC)[C@H](O)[C@@H](C)/C=C(\C)[C@@H]1OC(=O)c1ccc[nH]1)C2=O. The van der Waals surface area contributed by atoms with Crippen LogP contribution < -0.4 is 11.1 Å². The number of carbonyl (C=O) groups excluding carboxylic acids is 4. The molecule has 43 heavy (non-hydrogen) atoms. The summed E-state index contributed by atoms with van der Waals surface area (Å²) in [4.78, 5) is 54.5. The molecule has 2 heterocycles. The third-order valence-corrected chi connectivity index (χ3v) is 7.64. The van der Waals surface area contributed by atoms with E-state index in [-0.39, 0.29) is 40.6 Å². The van der Waals surface area contributed by atoms with Gasteiger partial charge in [-0.3, -0.25) is 14.4 Å². The number of fused-ring (bicyclic) bond motifs is 2. The van der Waals surface area contributed by atoms with Gasteiger partial charge < -0.3 is 35.4 Å². The number of aromatic nitrogens is 1. The van der Waals surface area contributed by atoms with Gasteiger partial charge in [0.2, 0.25) is 11.6 Å². The molecule has 0 saturated heterocycles. The minimum absolute atomic E-state index is 0.109. The van der Waals surface area contributed by atoms with E-state index in [0.29, 0.717) is 12.0 Å². The topological polar surface area (TPSA) is 170 Å². The maximum Gasteiger partial charge on any atom is 0.355 e. The first-order chi connectivity index (χ1) is 20.4. The molecule has 0 radical (unpaired) electrons. The normalized spacial score (nSPS) is 31.3. The average molecular weight is 596 g/mol. The van der Waals surface area contributed by atoms with Crippen LogP contribution in [-0.2, 0) is 28.6 Å². The lowest BCUT2D eigenvalue weighted by atomic mass is 9.85. The molecule has 0 fully saturated rings. The molecular formula is C32H41N3O8. The summed E-state index contributed by atoms with van der Waals surface area (Å²) in [6, 6.07) is 3.27.